The fourth-order valence-corrected chi connectivity index (χ4v) is 3.83. The molecule has 1 aliphatic rings. The van der Waals surface area contributed by atoms with E-state index in [0.29, 0.717) is 6.54 Å². The first-order valence-corrected chi connectivity index (χ1v) is 9.19. The van der Waals surface area contributed by atoms with Crippen molar-refractivity contribution < 1.29 is 4.79 Å². The third-order valence-corrected chi connectivity index (χ3v) is 5.12. The molecule has 0 aromatic heterocycles. The lowest BCUT2D eigenvalue weighted by Crippen LogP contribution is -2.50. The van der Waals surface area contributed by atoms with Crippen molar-refractivity contribution in [2.45, 2.75) is 45.2 Å². The van der Waals surface area contributed by atoms with Gasteiger partial charge in [-0.2, -0.15) is 0 Å². The van der Waals surface area contributed by atoms with Gasteiger partial charge in [-0.3, -0.25) is 4.79 Å². The van der Waals surface area contributed by atoms with Crippen molar-refractivity contribution in [1.82, 2.24) is 4.90 Å². The average Bonchev–Trinajstić information content (AvgIpc) is 2.56. The number of carbonyl (C=O) groups is 1. The minimum Gasteiger partial charge on any atom is -0.335 e. The molecule has 0 spiro atoms. The van der Waals surface area contributed by atoms with Crippen LogP contribution in [0.3, 0.4) is 0 Å². The maximum atomic E-state index is 13.1. The molecular formula is C21H25ClN2O. The van der Waals surface area contributed by atoms with E-state index in [1.54, 1.807) is 0 Å². The third-order valence-electron chi connectivity index (χ3n) is 4.87. The predicted molar refractivity (Wildman–Crippen MR) is 103 cm³/mol. The average molecular weight is 357 g/mol. The van der Waals surface area contributed by atoms with E-state index in [-0.39, 0.29) is 18.0 Å². The van der Waals surface area contributed by atoms with Gasteiger partial charge in [0, 0.05) is 29.2 Å². The van der Waals surface area contributed by atoms with Gasteiger partial charge in [-0.05, 0) is 62.9 Å². The quantitative estimate of drug-likeness (QED) is 0.898. The second-order valence-electron chi connectivity index (χ2n) is 7.14. The maximum Gasteiger partial charge on any atom is 0.254 e. The number of nitrogens with zero attached hydrogens (tertiary/aromatic N) is 1. The molecule has 0 aliphatic carbocycles. The minimum absolute atomic E-state index is 0.109. The molecule has 2 aromatic carbocycles. The highest BCUT2D eigenvalue weighted by molar-refractivity contribution is 6.30. The van der Waals surface area contributed by atoms with Crippen LogP contribution in [-0.2, 0) is 6.42 Å². The summed E-state index contributed by atoms with van der Waals surface area (Å²) in [6.45, 7) is 4.77. The van der Waals surface area contributed by atoms with Gasteiger partial charge in [0.2, 0.25) is 0 Å². The molecule has 1 aliphatic heterocycles. The van der Waals surface area contributed by atoms with E-state index < -0.39 is 0 Å². The lowest BCUT2D eigenvalue weighted by molar-refractivity contribution is 0.0595. The van der Waals surface area contributed by atoms with Crippen LogP contribution >= 0.6 is 11.6 Å². The van der Waals surface area contributed by atoms with E-state index in [4.69, 9.17) is 17.3 Å². The molecule has 1 saturated heterocycles. The molecule has 1 heterocycles. The minimum atomic E-state index is 0.109. The van der Waals surface area contributed by atoms with Crippen LogP contribution in [0.5, 0.6) is 0 Å². The van der Waals surface area contributed by atoms with E-state index in [1.807, 2.05) is 55.1 Å². The molecule has 132 valence electrons. The first-order valence-electron chi connectivity index (χ1n) is 8.81. The summed E-state index contributed by atoms with van der Waals surface area (Å²) in [5.41, 5.74) is 10.4. The first kappa shape index (κ1) is 18.0. The van der Waals surface area contributed by atoms with Gasteiger partial charge in [0.15, 0.2) is 0 Å². The number of benzene rings is 2. The highest BCUT2D eigenvalue weighted by Gasteiger charge is 2.31. The fraction of sp³-hybridized carbons (Fsp3) is 0.381. The zero-order valence-corrected chi connectivity index (χ0v) is 15.6. The van der Waals surface area contributed by atoms with Gasteiger partial charge in [0.25, 0.3) is 5.91 Å². The van der Waals surface area contributed by atoms with Crippen LogP contribution in [0.4, 0.5) is 0 Å². The summed E-state index contributed by atoms with van der Waals surface area (Å²) < 4.78 is 0. The third kappa shape index (κ3) is 4.42. The van der Waals surface area contributed by atoms with Crippen molar-refractivity contribution in [3.63, 3.8) is 0 Å². The SMILES string of the molecule is Cc1cc(C)cc(C(=O)N2CC[C@H](N)C[C@H]2Cc2ccc(Cl)cc2)c1. The molecule has 4 heteroatoms. The fourth-order valence-electron chi connectivity index (χ4n) is 3.70. The Morgan fingerprint density at radius 1 is 1.16 bits per heavy atom. The van der Waals surface area contributed by atoms with Crippen molar-refractivity contribution in [2.75, 3.05) is 6.54 Å². The number of hydrogen-bond acceptors (Lipinski definition) is 2. The van der Waals surface area contributed by atoms with Crippen LogP contribution in [-0.4, -0.2) is 29.4 Å². The first-order chi connectivity index (χ1) is 11.9. The smallest absolute Gasteiger partial charge is 0.254 e. The Morgan fingerprint density at radius 3 is 2.44 bits per heavy atom. The monoisotopic (exact) mass is 356 g/mol. The normalized spacial score (nSPS) is 20.6. The Kier molecular flexibility index (Phi) is 5.45. The van der Waals surface area contributed by atoms with Crippen molar-refractivity contribution in [1.29, 1.82) is 0 Å². The van der Waals surface area contributed by atoms with Crippen LogP contribution in [0.2, 0.25) is 5.02 Å². The summed E-state index contributed by atoms with van der Waals surface area (Å²) in [6, 6.07) is 14.2. The van der Waals surface area contributed by atoms with Gasteiger partial charge in [-0.25, -0.2) is 0 Å². The van der Waals surface area contributed by atoms with E-state index >= 15 is 0 Å². The van der Waals surface area contributed by atoms with Gasteiger partial charge in [-0.1, -0.05) is 40.9 Å². The molecule has 25 heavy (non-hydrogen) atoms. The predicted octanol–water partition coefficient (Wildman–Crippen LogP) is 4.13. The van der Waals surface area contributed by atoms with E-state index in [1.165, 1.54) is 5.56 Å². The Labute approximate surface area is 154 Å². The van der Waals surface area contributed by atoms with E-state index in [0.717, 1.165) is 41.0 Å². The van der Waals surface area contributed by atoms with Gasteiger partial charge >= 0.3 is 0 Å². The number of halogens is 1. The van der Waals surface area contributed by atoms with Crippen molar-refractivity contribution in [2.24, 2.45) is 5.73 Å². The number of aryl methyl sites for hydroxylation is 2. The van der Waals surface area contributed by atoms with Crippen molar-refractivity contribution in [3.8, 4) is 0 Å². The zero-order valence-electron chi connectivity index (χ0n) is 14.8. The van der Waals surface area contributed by atoms with Crippen molar-refractivity contribution in [3.05, 3.63) is 69.7 Å². The number of amides is 1. The topological polar surface area (TPSA) is 46.3 Å². The summed E-state index contributed by atoms with van der Waals surface area (Å²) >= 11 is 5.98. The Balaban J connectivity index is 1.83. The largest absolute Gasteiger partial charge is 0.335 e. The van der Waals surface area contributed by atoms with Gasteiger partial charge in [0.1, 0.15) is 0 Å². The molecule has 2 N–H and O–H groups in total. The molecule has 0 radical (unpaired) electrons. The van der Waals surface area contributed by atoms with Gasteiger partial charge in [0.05, 0.1) is 0 Å². The van der Waals surface area contributed by atoms with E-state index in [9.17, 15) is 4.79 Å². The van der Waals surface area contributed by atoms with E-state index in [2.05, 4.69) is 6.07 Å². The molecule has 1 fully saturated rings. The van der Waals surface area contributed by atoms with Crippen LogP contribution in [0.1, 0.15) is 39.9 Å². The Bertz CT molecular complexity index is 737. The number of piperidine rings is 1. The Hall–Kier alpha value is -1.84. The van der Waals surface area contributed by atoms with Crippen LogP contribution < -0.4 is 5.73 Å². The highest BCUT2D eigenvalue weighted by atomic mass is 35.5. The Morgan fingerprint density at radius 2 is 1.80 bits per heavy atom. The number of nitrogens with two attached hydrogens (primary N) is 1. The molecule has 0 bridgehead atoms. The summed E-state index contributed by atoms with van der Waals surface area (Å²) in [6.07, 6.45) is 2.49. The maximum absolute atomic E-state index is 13.1. The summed E-state index contributed by atoms with van der Waals surface area (Å²) in [5.74, 6) is 0.109. The zero-order chi connectivity index (χ0) is 18.0. The van der Waals surface area contributed by atoms with Gasteiger partial charge in [-0.15, -0.1) is 0 Å². The second kappa shape index (κ2) is 7.59. The molecule has 1 amide bonds. The molecule has 3 rings (SSSR count). The lowest BCUT2D eigenvalue weighted by Gasteiger charge is -2.38. The van der Waals surface area contributed by atoms with Gasteiger partial charge < -0.3 is 10.6 Å². The summed E-state index contributed by atoms with van der Waals surface area (Å²) in [7, 11) is 0. The number of likely N-dealkylation sites (tertiary alicyclic amines) is 1. The number of rotatable bonds is 3. The number of hydrogen-bond donors (Lipinski definition) is 1. The molecule has 0 saturated carbocycles. The van der Waals surface area contributed by atoms with Crippen molar-refractivity contribution >= 4 is 17.5 Å². The molecule has 2 aromatic rings. The molecule has 0 unspecified atom stereocenters. The standard InChI is InChI=1S/C21H25ClN2O/c1-14-9-15(2)11-17(10-14)21(25)24-8-7-19(23)13-20(24)12-16-3-5-18(22)6-4-16/h3-6,9-11,19-20H,7-8,12-13,23H2,1-2H3/t19-,20+/m0/s1. The van der Waals surface area contributed by atoms with Crippen LogP contribution in [0.15, 0.2) is 42.5 Å². The second-order valence-corrected chi connectivity index (χ2v) is 7.58. The van der Waals surface area contributed by atoms with Crippen LogP contribution in [0, 0.1) is 13.8 Å². The number of carbonyl (C=O) groups excluding carboxylic acids is 1. The molecular weight excluding hydrogens is 332 g/mol. The molecule has 2 atom stereocenters. The van der Waals surface area contributed by atoms with Crippen LogP contribution in [0.25, 0.3) is 0 Å². The summed E-state index contributed by atoms with van der Waals surface area (Å²) in [5, 5.41) is 0.729. The highest BCUT2D eigenvalue weighted by Crippen LogP contribution is 2.24. The lowest BCUT2D eigenvalue weighted by atomic mass is 9.91. The molecule has 3 nitrogen and oxygen atoms in total. The summed E-state index contributed by atoms with van der Waals surface area (Å²) in [4.78, 5) is 15.1.